The molecule has 4 aliphatic carbocycles. The summed E-state index contributed by atoms with van der Waals surface area (Å²) in [5.74, 6) is -0.500. The molecule has 0 heterocycles. The minimum Gasteiger partial charge on any atom is -0.435 e. The number of aliphatic hydroxyl groups is 2. The van der Waals surface area contributed by atoms with Crippen molar-refractivity contribution in [3.63, 3.8) is 0 Å². The van der Waals surface area contributed by atoms with Crippen molar-refractivity contribution in [2.75, 3.05) is 13.2 Å². The topological polar surface area (TPSA) is 110 Å². The summed E-state index contributed by atoms with van der Waals surface area (Å²) >= 11 is 0. The average molecular weight is 433 g/mol. The molecule has 31 heavy (non-hydrogen) atoms. The zero-order valence-electron chi connectivity index (χ0n) is 18.4. The molecule has 4 unspecified atom stereocenters. The number of hydrogen-bond acceptors (Lipinski definition) is 7. The smallest absolute Gasteiger partial charge is 0.435 e. The lowest BCUT2D eigenvalue weighted by molar-refractivity contribution is -0.183. The van der Waals surface area contributed by atoms with E-state index in [1.165, 1.54) is 0 Å². The standard InChI is InChI=1S/C24H32O7/c1-4-30-21(29)31-24(19(28)13-25)10-8-17-16-6-5-14-11-15(26)7-9-22(14,2)20(16)18(27)12-23(17,24)3/h7,9,11,16-18,20,25,27H,4-6,8,10,12-13H2,1-3H3/t16?,17?,18?,20?,22-,23-,24-/m0/s1. The molecular weight excluding hydrogens is 400 g/mol. The van der Waals surface area contributed by atoms with Crippen LogP contribution in [0.2, 0.25) is 0 Å². The minimum absolute atomic E-state index is 0.0164. The molecule has 170 valence electrons. The van der Waals surface area contributed by atoms with Gasteiger partial charge in [0.25, 0.3) is 0 Å². The third-order valence-corrected chi connectivity index (χ3v) is 8.73. The summed E-state index contributed by atoms with van der Waals surface area (Å²) in [6, 6.07) is 0. The number of allylic oxidation sites excluding steroid dienone is 4. The Kier molecular flexibility index (Phi) is 5.41. The van der Waals surface area contributed by atoms with Gasteiger partial charge in [-0.2, -0.15) is 0 Å². The van der Waals surface area contributed by atoms with Crippen molar-refractivity contribution in [3.8, 4) is 0 Å². The fourth-order valence-electron chi connectivity index (χ4n) is 7.41. The highest BCUT2D eigenvalue weighted by molar-refractivity contribution is 6.01. The Morgan fingerprint density at radius 3 is 2.68 bits per heavy atom. The maximum absolute atomic E-state index is 13.0. The molecule has 0 saturated heterocycles. The van der Waals surface area contributed by atoms with Gasteiger partial charge in [-0.15, -0.1) is 0 Å². The van der Waals surface area contributed by atoms with E-state index in [9.17, 15) is 24.6 Å². The van der Waals surface area contributed by atoms with Crippen molar-refractivity contribution in [1.29, 1.82) is 0 Å². The maximum Gasteiger partial charge on any atom is 0.509 e. The maximum atomic E-state index is 13.0. The third kappa shape index (κ3) is 3.04. The minimum atomic E-state index is -1.51. The fraction of sp³-hybridized carbons (Fsp3) is 0.708. The van der Waals surface area contributed by atoms with Gasteiger partial charge in [-0.3, -0.25) is 9.59 Å². The molecule has 0 radical (unpaired) electrons. The molecule has 3 saturated carbocycles. The van der Waals surface area contributed by atoms with Gasteiger partial charge in [0.2, 0.25) is 5.78 Å². The lowest BCUT2D eigenvalue weighted by atomic mass is 9.46. The fourth-order valence-corrected chi connectivity index (χ4v) is 7.41. The van der Waals surface area contributed by atoms with Crippen molar-refractivity contribution in [1.82, 2.24) is 0 Å². The van der Waals surface area contributed by atoms with E-state index in [0.29, 0.717) is 12.8 Å². The van der Waals surface area contributed by atoms with Crippen molar-refractivity contribution in [3.05, 3.63) is 23.8 Å². The van der Waals surface area contributed by atoms with Crippen LogP contribution >= 0.6 is 0 Å². The van der Waals surface area contributed by atoms with Gasteiger partial charge in [0.1, 0.15) is 6.61 Å². The van der Waals surface area contributed by atoms with Gasteiger partial charge < -0.3 is 19.7 Å². The summed E-state index contributed by atoms with van der Waals surface area (Å²) in [5.41, 5.74) is -1.68. The first-order valence-corrected chi connectivity index (χ1v) is 11.2. The highest BCUT2D eigenvalue weighted by Gasteiger charge is 2.70. The highest BCUT2D eigenvalue weighted by Crippen LogP contribution is 2.67. The molecule has 4 aliphatic rings. The predicted molar refractivity (Wildman–Crippen MR) is 111 cm³/mol. The van der Waals surface area contributed by atoms with Gasteiger partial charge in [-0.25, -0.2) is 4.79 Å². The predicted octanol–water partition coefficient (Wildman–Crippen LogP) is 2.74. The highest BCUT2D eigenvalue weighted by atomic mass is 16.7. The molecule has 0 bridgehead atoms. The van der Waals surface area contributed by atoms with Crippen LogP contribution in [0.1, 0.15) is 52.9 Å². The summed E-state index contributed by atoms with van der Waals surface area (Å²) in [7, 11) is 0. The Bertz CT molecular complexity index is 860. The van der Waals surface area contributed by atoms with E-state index in [1.54, 1.807) is 19.1 Å². The Hall–Kier alpha value is -1.99. The average Bonchev–Trinajstić information content (AvgIpc) is 3.00. The van der Waals surface area contributed by atoms with E-state index < -0.39 is 41.1 Å². The number of hydrogen-bond donors (Lipinski definition) is 2. The quantitative estimate of drug-likeness (QED) is 0.657. The van der Waals surface area contributed by atoms with E-state index in [0.717, 1.165) is 18.4 Å². The number of fused-ring (bicyclic) bond motifs is 5. The summed E-state index contributed by atoms with van der Waals surface area (Å²) in [6.45, 7) is 5.03. The molecule has 2 N–H and O–H groups in total. The summed E-state index contributed by atoms with van der Waals surface area (Å²) in [4.78, 5) is 37.2. The number of ketones is 2. The van der Waals surface area contributed by atoms with Crippen molar-refractivity contribution in [2.24, 2.45) is 28.6 Å². The van der Waals surface area contributed by atoms with Crippen molar-refractivity contribution < 1.29 is 34.1 Å². The van der Waals surface area contributed by atoms with Gasteiger partial charge in [0.15, 0.2) is 11.4 Å². The van der Waals surface area contributed by atoms with Crippen LogP contribution in [-0.2, 0) is 19.1 Å². The monoisotopic (exact) mass is 432 g/mol. The number of aliphatic hydroxyl groups excluding tert-OH is 2. The van der Waals surface area contributed by atoms with Crippen LogP contribution in [0.4, 0.5) is 4.79 Å². The summed E-state index contributed by atoms with van der Waals surface area (Å²) < 4.78 is 10.7. The van der Waals surface area contributed by atoms with E-state index in [4.69, 9.17) is 9.47 Å². The summed E-state index contributed by atoms with van der Waals surface area (Å²) in [5, 5.41) is 21.2. The SMILES string of the molecule is CCOC(=O)O[C@]1(C(=O)CO)CCC2C3CCC4=CC(=O)C=C[C@]4(C)C3C(O)C[C@@]21C. The van der Waals surface area contributed by atoms with Crippen LogP contribution in [0, 0.1) is 28.6 Å². The summed E-state index contributed by atoms with van der Waals surface area (Å²) in [6.07, 6.45) is 6.35. The molecule has 3 fully saturated rings. The second kappa shape index (κ2) is 7.55. The van der Waals surface area contributed by atoms with Gasteiger partial charge in [0, 0.05) is 16.7 Å². The first-order chi connectivity index (χ1) is 14.6. The van der Waals surface area contributed by atoms with Crippen LogP contribution in [0.25, 0.3) is 0 Å². The number of rotatable bonds is 4. The number of carbonyl (C=O) groups is 3. The van der Waals surface area contributed by atoms with Gasteiger partial charge in [0.05, 0.1) is 12.7 Å². The second-order valence-electron chi connectivity index (χ2n) is 9.94. The van der Waals surface area contributed by atoms with Gasteiger partial charge >= 0.3 is 6.16 Å². The zero-order chi connectivity index (χ0) is 22.6. The molecule has 0 aromatic rings. The Morgan fingerprint density at radius 1 is 1.26 bits per heavy atom. The number of Topliss-reactive ketones (excluding diaryl/α,β-unsaturated/α-hetero) is 1. The molecule has 7 nitrogen and oxygen atoms in total. The first kappa shape index (κ1) is 22.2. The molecule has 0 aliphatic heterocycles. The number of carbonyl (C=O) groups excluding carboxylic acids is 3. The third-order valence-electron chi connectivity index (χ3n) is 8.73. The van der Waals surface area contributed by atoms with Gasteiger partial charge in [-0.05, 0) is 63.0 Å². The molecule has 0 aromatic heterocycles. The van der Waals surface area contributed by atoms with Crippen LogP contribution < -0.4 is 0 Å². The Balaban J connectivity index is 1.73. The molecule has 0 aromatic carbocycles. The first-order valence-electron chi connectivity index (χ1n) is 11.2. The molecular formula is C24H32O7. The largest absolute Gasteiger partial charge is 0.509 e. The van der Waals surface area contributed by atoms with Gasteiger partial charge in [-0.1, -0.05) is 25.5 Å². The zero-order valence-corrected chi connectivity index (χ0v) is 18.4. The molecule has 7 heteroatoms. The van der Waals surface area contributed by atoms with E-state index >= 15 is 0 Å². The van der Waals surface area contributed by atoms with E-state index in [2.05, 4.69) is 6.92 Å². The van der Waals surface area contributed by atoms with E-state index in [-0.39, 0.29) is 36.6 Å². The normalized spacial score (nSPS) is 43.4. The number of ether oxygens (including phenoxy) is 2. The van der Waals surface area contributed by atoms with Crippen molar-refractivity contribution in [2.45, 2.75) is 64.6 Å². The lowest BCUT2D eigenvalue weighted by Crippen LogP contribution is -2.63. The molecule has 0 spiro atoms. The Morgan fingerprint density at radius 2 is 2.00 bits per heavy atom. The molecule has 7 atom stereocenters. The molecule has 0 amide bonds. The Labute approximate surface area is 182 Å². The second-order valence-corrected chi connectivity index (χ2v) is 9.94. The van der Waals surface area contributed by atoms with Crippen LogP contribution in [0.15, 0.2) is 23.8 Å². The van der Waals surface area contributed by atoms with Crippen LogP contribution in [0.3, 0.4) is 0 Å². The lowest BCUT2D eigenvalue weighted by Gasteiger charge is -2.59. The van der Waals surface area contributed by atoms with Crippen LogP contribution in [-0.4, -0.2) is 52.9 Å². The molecule has 4 rings (SSSR count). The van der Waals surface area contributed by atoms with Crippen molar-refractivity contribution >= 4 is 17.7 Å². The van der Waals surface area contributed by atoms with Crippen LogP contribution in [0.5, 0.6) is 0 Å². The van der Waals surface area contributed by atoms with E-state index in [1.807, 2.05) is 13.0 Å².